The van der Waals surface area contributed by atoms with Crippen LogP contribution in [0.3, 0.4) is 0 Å². The molecule has 2 aromatic rings. The molecule has 0 saturated heterocycles. The van der Waals surface area contributed by atoms with E-state index in [0.29, 0.717) is 6.04 Å². The van der Waals surface area contributed by atoms with Crippen molar-refractivity contribution in [2.24, 2.45) is 0 Å². The molecule has 1 heterocycles. The largest absolute Gasteiger partial charge is 0.314 e. The van der Waals surface area contributed by atoms with Gasteiger partial charge in [0.05, 0.1) is 0 Å². The van der Waals surface area contributed by atoms with Crippen molar-refractivity contribution in [1.82, 2.24) is 15.5 Å². The van der Waals surface area contributed by atoms with E-state index >= 15 is 0 Å². The van der Waals surface area contributed by atoms with Gasteiger partial charge in [0.1, 0.15) is 10.0 Å². The summed E-state index contributed by atoms with van der Waals surface area (Å²) in [5.74, 6) is 0. The van der Waals surface area contributed by atoms with Crippen molar-refractivity contribution in [2.75, 3.05) is 6.54 Å². The maximum absolute atomic E-state index is 4.31. The van der Waals surface area contributed by atoms with E-state index in [1.807, 2.05) is 12.1 Å². The third-order valence-electron chi connectivity index (χ3n) is 2.86. The quantitative estimate of drug-likeness (QED) is 0.899. The first-order valence-electron chi connectivity index (χ1n) is 6.39. The Labute approximate surface area is 126 Å². The van der Waals surface area contributed by atoms with Crippen LogP contribution in [-0.2, 0) is 6.42 Å². The molecular weight excluding hydrogens is 322 g/mol. The van der Waals surface area contributed by atoms with E-state index in [9.17, 15) is 0 Å². The first-order valence-corrected chi connectivity index (χ1v) is 8.00. The lowest BCUT2D eigenvalue weighted by Gasteiger charge is -2.05. The highest BCUT2D eigenvalue weighted by molar-refractivity contribution is 9.10. The Hall–Kier alpha value is -0.780. The molecule has 1 aromatic heterocycles. The van der Waals surface area contributed by atoms with Gasteiger partial charge in [0.25, 0.3) is 0 Å². The predicted molar refractivity (Wildman–Crippen MR) is 84.6 cm³/mol. The molecule has 0 atom stereocenters. The highest BCUT2D eigenvalue weighted by Crippen LogP contribution is 2.30. The molecule has 0 amide bonds. The average molecular weight is 340 g/mol. The lowest BCUT2D eigenvalue weighted by atomic mass is 10.1. The van der Waals surface area contributed by atoms with Crippen LogP contribution in [0.1, 0.15) is 24.4 Å². The van der Waals surface area contributed by atoms with Crippen LogP contribution in [0.2, 0.25) is 0 Å². The van der Waals surface area contributed by atoms with Gasteiger partial charge in [-0.2, -0.15) is 0 Å². The van der Waals surface area contributed by atoms with E-state index in [0.717, 1.165) is 33.0 Å². The molecule has 1 N–H and O–H groups in total. The molecule has 1 aromatic carbocycles. The molecule has 0 aliphatic heterocycles. The lowest BCUT2D eigenvalue weighted by molar-refractivity contribution is 0.588. The topological polar surface area (TPSA) is 37.8 Å². The van der Waals surface area contributed by atoms with Gasteiger partial charge >= 0.3 is 0 Å². The van der Waals surface area contributed by atoms with Crippen LogP contribution >= 0.6 is 27.3 Å². The Balaban J connectivity index is 2.10. The minimum Gasteiger partial charge on any atom is -0.314 e. The molecule has 0 aliphatic rings. The van der Waals surface area contributed by atoms with Gasteiger partial charge in [-0.05, 0) is 18.6 Å². The number of benzene rings is 1. The number of aromatic nitrogens is 2. The number of nitrogens with one attached hydrogen (secondary N) is 1. The van der Waals surface area contributed by atoms with E-state index in [2.05, 4.69) is 58.3 Å². The maximum atomic E-state index is 4.31. The van der Waals surface area contributed by atoms with Crippen LogP contribution in [-0.4, -0.2) is 22.8 Å². The van der Waals surface area contributed by atoms with Gasteiger partial charge in [0.15, 0.2) is 0 Å². The van der Waals surface area contributed by atoms with E-state index in [1.165, 1.54) is 5.56 Å². The Bertz CT molecular complexity index is 551. The van der Waals surface area contributed by atoms with E-state index in [1.54, 1.807) is 11.3 Å². The molecule has 3 nitrogen and oxygen atoms in total. The summed E-state index contributed by atoms with van der Waals surface area (Å²) < 4.78 is 1.11. The van der Waals surface area contributed by atoms with Gasteiger partial charge in [0.2, 0.25) is 0 Å². The summed E-state index contributed by atoms with van der Waals surface area (Å²) in [6.45, 7) is 7.34. The normalized spacial score (nSPS) is 11.2. The summed E-state index contributed by atoms with van der Waals surface area (Å²) in [6.07, 6.45) is 0.933. The number of halogens is 1. The van der Waals surface area contributed by atoms with Crippen molar-refractivity contribution in [3.05, 3.63) is 33.2 Å². The highest BCUT2D eigenvalue weighted by Gasteiger charge is 2.10. The molecule has 5 heteroatoms. The second-order valence-corrected chi connectivity index (χ2v) is 6.69. The molecule has 0 radical (unpaired) electrons. The molecule has 2 rings (SSSR count). The fraction of sp³-hybridized carbons (Fsp3) is 0.429. The second-order valence-electron chi connectivity index (χ2n) is 4.77. The standard InChI is InChI=1S/C14H18BrN3S/c1-9(2)16-8-7-13-17-18-14(19-13)11-5-4-6-12(15)10(11)3/h4-6,9,16H,7-8H2,1-3H3. The maximum Gasteiger partial charge on any atom is 0.148 e. The molecule has 102 valence electrons. The van der Waals surface area contributed by atoms with Crippen LogP contribution in [0.5, 0.6) is 0 Å². The Morgan fingerprint density at radius 1 is 1.32 bits per heavy atom. The van der Waals surface area contributed by atoms with Crippen LogP contribution < -0.4 is 5.32 Å². The molecule has 0 saturated carbocycles. The van der Waals surface area contributed by atoms with Crippen molar-refractivity contribution in [3.63, 3.8) is 0 Å². The molecule has 0 aliphatic carbocycles. The molecule has 19 heavy (non-hydrogen) atoms. The molecule has 0 fully saturated rings. The zero-order valence-corrected chi connectivity index (χ0v) is 13.8. The van der Waals surface area contributed by atoms with Crippen molar-refractivity contribution >= 4 is 27.3 Å². The van der Waals surface area contributed by atoms with Crippen LogP contribution in [0.15, 0.2) is 22.7 Å². The number of hydrogen-bond donors (Lipinski definition) is 1. The second kappa shape index (κ2) is 6.59. The van der Waals surface area contributed by atoms with Crippen molar-refractivity contribution in [2.45, 2.75) is 33.2 Å². The Morgan fingerprint density at radius 3 is 2.84 bits per heavy atom. The predicted octanol–water partition coefficient (Wildman–Crippen LogP) is 3.82. The minimum absolute atomic E-state index is 0.514. The number of nitrogens with zero attached hydrogens (tertiary/aromatic N) is 2. The van der Waals surface area contributed by atoms with E-state index < -0.39 is 0 Å². The zero-order valence-electron chi connectivity index (χ0n) is 11.4. The molecule has 0 bridgehead atoms. The zero-order chi connectivity index (χ0) is 13.8. The summed E-state index contributed by atoms with van der Waals surface area (Å²) in [5.41, 5.74) is 2.38. The van der Waals surface area contributed by atoms with Gasteiger partial charge in [-0.1, -0.05) is 53.2 Å². The number of hydrogen-bond acceptors (Lipinski definition) is 4. The smallest absolute Gasteiger partial charge is 0.148 e. The SMILES string of the molecule is Cc1c(Br)cccc1-c1nnc(CCNC(C)C)s1. The van der Waals surface area contributed by atoms with Crippen molar-refractivity contribution < 1.29 is 0 Å². The Morgan fingerprint density at radius 2 is 2.11 bits per heavy atom. The third-order valence-corrected chi connectivity index (χ3v) is 4.73. The van der Waals surface area contributed by atoms with E-state index in [4.69, 9.17) is 0 Å². The highest BCUT2D eigenvalue weighted by atomic mass is 79.9. The first-order chi connectivity index (χ1) is 9.08. The Kier molecular flexibility index (Phi) is 5.07. The van der Waals surface area contributed by atoms with Crippen LogP contribution in [0.25, 0.3) is 10.6 Å². The lowest BCUT2D eigenvalue weighted by Crippen LogP contribution is -2.24. The molecule has 0 unspecified atom stereocenters. The summed E-state index contributed by atoms with van der Waals surface area (Å²) in [5, 5.41) is 14.1. The average Bonchev–Trinajstić information content (AvgIpc) is 2.81. The van der Waals surface area contributed by atoms with E-state index in [-0.39, 0.29) is 0 Å². The third kappa shape index (κ3) is 3.84. The molecule has 0 spiro atoms. The van der Waals surface area contributed by atoms with Gasteiger partial charge < -0.3 is 5.32 Å². The monoisotopic (exact) mass is 339 g/mol. The summed E-state index contributed by atoms with van der Waals surface area (Å²) in [7, 11) is 0. The van der Waals surface area contributed by atoms with Crippen LogP contribution in [0.4, 0.5) is 0 Å². The van der Waals surface area contributed by atoms with Gasteiger partial charge in [0, 0.05) is 29.0 Å². The fourth-order valence-electron chi connectivity index (χ4n) is 1.77. The van der Waals surface area contributed by atoms with Crippen LogP contribution in [0, 0.1) is 6.92 Å². The fourth-order valence-corrected chi connectivity index (χ4v) is 3.06. The van der Waals surface area contributed by atoms with Crippen molar-refractivity contribution in [3.8, 4) is 10.6 Å². The summed E-state index contributed by atoms with van der Waals surface area (Å²) >= 11 is 5.23. The van der Waals surface area contributed by atoms with Gasteiger partial charge in [-0.15, -0.1) is 10.2 Å². The van der Waals surface area contributed by atoms with Gasteiger partial charge in [-0.25, -0.2) is 0 Å². The van der Waals surface area contributed by atoms with Gasteiger partial charge in [-0.3, -0.25) is 0 Å². The summed E-state index contributed by atoms with van der Waals surface area (Å²) in [4.78, 5) is 0. The van der Waals surface area contributed by atoms with Crippen molar-refractivity contribution in [1.29, 1.82) is 0 Å². The minimum atomic E-state index is 0.514. The first kappa shape index (κ1) is 14.6. The molecular formula is C14H18BrN3S. The summed E-state index contributed by atoms with van der Waals surface area (Å²) in [6, 6.07) is 6.69. The number of rotatable bonds is 5.